The third-order valence-corrected chi connectivity index (χ3v) is 12.7. The fourth-order valence-electron chi connectivity index (χ4n) is 9.89. The number of ether oxygens (including phenoxy) is 1. The lowest BCUT2D eigenvalue weighted by molar-refractivity contribution is 0.437. The van der Waals surface area contributed by atoms with Crippen molar-refractivity contribution >= 4 is 27.8 Å². The average molecular weight is 778 g/mol. The minimum Gasteiger partial charge on any atom is -0.457 e. The van der Waals surface area contributed by atoms with E-state index >= 15 is 0 Å². The van der Waals surface area contributed by atoms with Gasteiger partial charge in [0.2, 0.25) is 0 Å². The minimum absolute atomic E-state index is 0.519. The molecular weight excluding hydrogens is 739 g/mol. The standard InChI is InChI=1S/C59H39NO/c1-3-13-40(14-4-1)42-23-30-48(31-24-42)60(49-32-25-43(26-33-49)41-15-5-2-6-16-41)50-34-27-44(28-35-50)47-29-36-54-52(37-47)51-19-9-10-20-53(51)59(54)55-21-11-12-22-57(55)61-58-39-46-18-8-7-17-45(46)38-56(58)59/h1-39H. The van der Waals surface area contributed by atoms with Gasteiger partial charge in [0.25, 0.3) is 0 Å². The van der Waals surface area contributed by atoms with Crippen molar-refractivity contribution in [2.24, 2.45) is 0 Å². The first-order valence-electron chi connectivity index (χ1n) is 21.0. The molecule has 0 aromatic heterocycles. The summed E-state index contributed by atoms with van der Waals surface area (Å²) in [5, 5.41) is 2.38. The Hall–Kier alpha value is -7.94. The number of anilines is 3. The molecule has 10 aromatic carbocycles. The Labute approximate surface area is 356 Å². The van der Waals surface area contributed by atoms with E-state index in [0.717, 1.165) is 28.6 Å². The molecular formula is C59H39NO. The first kappa shape index (κ1) is 35.0. The molecule has 2 aliphatic rings. The maximum Gasteiger partial charge on any atom is 0.132 e. The normalized spacial score (nSPS) is 14.4. The molecule has 2 heteroatoms. The highest BCUT2D eigenvalue weighted by Gasteiger charge is 2.51. The van der Waals surface area contributed by atoms with Crippen molar-refractivity contribution in [2.75, 3.05) is 4.90 Å². The van der Waals surface area contributed by atoms with Crippen LogP contribution in [0.5, 0.6) is 11.5 Å². The molecule has 0 fully saturated rings. The lowest BCUT2D eigenvalue weighted by atomic mass is 9.65. The van der Waals surface area contributed by atoms with Gasteiger partial charge < -0.3 is 9.64 Å². The van der Waals surface area contributed by atoms with Crippen LogP contribution in [0.4, 0.5) is 17.1 Å². The molecule has 0 radical (unpaired) electrons. The van der Waals surface area contributed by atoms with Gasteiger partial charge in [0.05, 0.1) is 5.41 Å². The summed E-state index contributed by atoms with van der Waals surface area (Å²) in [5.74, 6) is 1.82. The first-order valence-corrected chi connectivity index (χ1v) is 21.0. The fraction of sp³-hybridized carbons (Fsp3) is 0.0169. The molecule has 0 bridgehead atoms. The Kier molecular flexibility index (Phi) is 8.11. The lowest BCUT2D eigenvalue weighted by Crippen LogP contribution is -2.32. The molecule has 2 nitrogen and oxygen atoms in total. The molecule has 0 amide bonds. The highest BCUT2D eigenvalue weighted by Crippen LogP contribution is 2.62. The van der Waals surface area contributed by atoms with Gasteiger partial charge in [-0.1, -0.05) is 176 Å². The molecule has 0 saturated carbocycles. The van der Waals surface area contributed by atoms with Crippen molar-refractivity contribution in [1.29, 1.82) is 0 Å². The second-order valence-corrected chi connectivity index (χ2v) is 16.1. The van der Waals surface area contributed by atoms with Gasteiger partial charge in [-0.3, -0.25) is 0 Å². The second-order valence-electron chi connectivity index (χ2n) is 16.1. The summed E-state index contributed by atoms with van der Waals surface area (Å²) >= 11 is 0. The highest BCUT2D eigenvalue weighted by atomic mass is 16.5. The van der Waals surface area contributed by atoms with Crippen LogP contribution >= 0.6 is 0 Å². The van der Waals surface area contributed by atoms with Crippen LogP contribution in [0.3, 0.4) is 0 Å². The Morgan fingerprint density at radius 3 is 1.33 bits per heavy atom. The van der Waals surface area contributed by atoms with E-state index in [-0.39, 0.29) is 0 Å². The van der Waals surface area contributed by atoms with Crippen molar-refractivity contribution in [3.63, 3.8) is 0 Å². The first-order chi connectivity index (χ1) is 30.2. The van der Waals surface area contributed by atoms with Crippen LogP contribution in [0.15, 0.2) is 237 Å². The lowest BCUT2D eigenvalue weighted by Gasteiger charge is -2.39. The van der Waals surface area contributed by atoms with Gasteiger partial charge in [-0.15, -0.1) is 0 Å². The van der Waals surface area contributed by atoms with Crippen molar-refractivity contribution in [3.8, 4) is 56.0 Å². The molecule has 10 aromatic rings. The van der Waals surface area contributed by atoms with Crippen molar-refractivity contribution in [3.05, 3.63) is 259 Å². The Bertz CT molecular complexity index is 3160. The van der Waals surface area contributed by atoms with Crippen LogP contribution in [0.25, 0.3) is 55.3 Å². The summed E-state index contributed by atoms with van der Waals surface area (Å²) in [6, 6.07) is 85.8. The van der Waals surface area contributed by atoms with Crippen LogP contribution in [0.2, 0.25) is 0 Å². The van der Waals surface area contributed by atoms with Crippen LogP contribution in [-0.2, 0) is 5.41 Å². The van der Waals surface area contributed by atoms with Gasteiger partial charge in [0.15, 0.2) is 0 Å². The molecule has 1 aliphatic heterocycles. The Balaban J connectivity index is 0.960. The molecule has 12 rings (SSSR count). The zero-order valence-corrected chi connectivity index (χ0v) is 33.4. The smallest absolute Gasteiger partial charge is 0.132 e. The van der Waals surface area contributed by atoms with Gasteiger partial charge in [0, 0.05) is 28.2 Å². The zero-order chi connectivity index (χ0) is 40.3. The Morgan fingerprint density at radius 2 is 0.721 bits per heavy atom. The quantitative estimate of drug-likeness (QED) is 0.167. The number of para-hydroxylation sites is 1. The molecule has 1 atom stereocenters. The predicted octanol–water partition coefficient (Wildman–Crippen LogP) is 15.8. The van der Waals surface area contributed by atoms with E-state index in [2.05, 4.69) is 241 Å². The van der Waals surface area contributed by atoms with Gasteiger partial charge in [-0.05, 0) is 127 Å². The SMILES string of the molecule is c1ccc(-c2ccc(N(c3ccc(-c4ccccc4)cc3)c3ccc(-c4ccc5c(c4)-c4ccccc4C54c5ccccc5Oc5cc6ccccc6cc54)cc3)cc2)cc1. The fourth-order valence-corrected chi connectivity index (χ4v) is 9.89. The molecule has 1 heterocycles. The van der Waals surface area contributed by atoms with E-state index in [1.165, 1.54) is 77.5 Å². The average Bonchev–Trinajstić information content (AvgIpc) is 3.62. The van der Waals surface area contributed by atoms with E-state index < -0.39 is 5.41 Å². The number of fused-ring (bicyclic) bond motifs is 10. The van der Waals surface area contributed by atoms with Crippen LogP contribution in [0.1, 0.15) is 22.3 Å². The van der Waals surface area contributed by atoms with Crippen LogP contribution in [-0.4, -0.2) is 0 Å². The van der Waals surface area contributed by atoms with Crippen molar-refractivity contribution in [2.45, 2.75) is 5.41 Å². The number of benzene rings is 10. The van der Waals surface area contributed by atoms with Crippen LogP contribution in [0, 0.1) is 0 Å². The van der Waals surface area contributed by atoms with Gasteiger partial charge in [0.1, 0.15) is 11.5 Å². The highest BCUT2D eigenvalue weighted by molar-refractivity contribution is 5.94. The van der Waals surface area contributed by atoms with E-state index in [1.807, 2.05) is 0 Å². The van der Waals surface area contributed by atoms with E-state index in [4.69, 9.17) is 4.74 Å². The van der Waals surface area contributed by atoms with Gasteiger partial charge in [-0.2, -0.15) is 0 Å². The summed E-state index contributed by atoms with van der Waals surface area (Å²) in [7, 11) is 0. The molecule has 1 aliphatic carbocycles. The summed E-state index contributed by atoms with van der Waals surface area (Å²) in [6.07, 6.45) is 0. The maximum atomic E-state index is 6.74. The maximum absolute atomic E-state index is 6.74. The van der Waals surface area contributed by atoms with Crippen molar-refractivity contribution < 1.29 is 4.74 Å². The monoisotopic (exact) mass is 777 g/mol. The topological polar surface area (TPSA) is 12.5 Å². The van der Waals surface area contributed by atoms with Crippen molar-refractivity contribution in [1.82, 2.24) is 0 Å². The van der Waals surface area contributed by atoms with E-state index in [9.17, 15) is 0 Å². The molecule has 1 spiro atoms. The van der Waals surface area contributed by atoms with E-state index in [1.54, 1.807) is 0 Å². The predicted molar refractivity (Wildman–Crippen MR) is 252 cm³/mol. The summed E-state index contributed by atoms with van der Waals surface area (Å²) in [4.78, 5) is 2.35. The van der Waals surface area contributed by atoms with E-state index in [0.29, 0.717) is 0 Å². The second kappa shape index (κ2) is 14.1. The zero-order valence-electron chi connectivity index (χ0n) is 33.4. The minimum atomic E-state index is -0.519. The summed E-state index contributed by atoms with van der Waals surface area (Å²) in [6.45, 7) is 0. The molecule has 61 heavy (non-hydrogen) atoms. The molecule has 286 valence electrons. The number of hydrogen-bond acceptors (Lipinski definition) is 2. The number of hydrogen-bond donors (Lipinski definition) is 0. The third-order valence-electron chi connectivity index (χ3n) is 12.7. The van der Waals surface area contributed by atoms with Gasteiger partial charge in [-0.25, -0.2) is 0 Å². The number of rotatable bonds is 6. The number of nitrogens with zero attached hydrogens (tertiary/aromatic N) is 1. The van der Waals surface area contributed by atoms with Gasteiger partial charge >= 0.3 is 0 Å². The van der Waals surface area contributed by atoms with Crippen LogP contribution < -0.4 is 9.64 Å². The Morgan fingerprint density at radius 1 is 0.279 bits per heavy atom. The summed E-state index contributed by atoms with van der Waals surface area (Å²) < 4.78 is 6.74. The summed E-state index contributed by atoms with van der Waals surface area (Å²) in [5.41, 5.74) is 17.4. The molecule has 1 unspecified atom stereocenters. The largest absolute Gasteiger partial charge is 0.457 e. The molecule has 0 N–H and O–H groups in total. The third kappa shape index (κ3) is 5.64. The molecule has 0 saturated heterocycles.